The number of fused-ring (bicyclic) bond motifs is 3. The maximum Gasteiger partial charge on any atom is 0.166 e. The Labute approximate surface area is 300 Å². The van der Waals surface area contributed by atoms with Crippen molar-refractivity contribution < 1.29 is 0 Å². The van der Waals surface area contributed by atoms with E-state index in [-0.39, 0.29) is 5.54 Å². The minimum absolute atomic E-state index is 0.114. The highest BCUT2D eigenvalue weighted by molar-refractivity contribution is 8.16. The zero-order valence-corrected chi connectivity index (χ0v) is 32.9. The summed E-state index contributed by atoms with van der Waals surface area (Å²) in [7, 11) is 0. The molecule has 0 aliphatic carbocycles. The SMILES string of the molecule is CC(C)(C)NSc1nc2ccccc2s1.CC(C)NSC1Sc2ccccc2N1C(C)C.CC(C)NSc1nc2ccccc2s1. The Morgan fingerprint density at radius 2 is 1.22 bits per heavy atom. The second-order valence-electron chi connectivity index (χ2n) is 12.5. The van der Waals surface area contributed by atoms with Gasteiger partial charge in [0.15, 0.2) is 8.68 Å². The lowest BCUT2D eigenvalue weighted by molar-refractivity contribution is 0.535. The molecule has 46 heavy (non-hydrogen) atoms. The van der Waals surface area contributed by atoms with Crippen molar-refractivity contribution >= 4 is 96.4 Å². The third-order valence-corrected chi connectivity index (χ3v) is 13.1. The summed E-state index contributed by atoms with van der Waals surface area (Å²) in [5, 5.41) is 0. The number of hydrogen-bond acceptors (Lipinski definition) is 12. The lowest BCUT2D eigenvalue weighted by Crippen LogP contribution is -2.36. The lowest BCUT2D eigenvalue weighted by Gasteiger charge is -2.30. The minimum Gasteiger partial charge on any atom is -0.346 e. The molecule has 0 saturated carbocycles. The number of para-hydroxylation sites is 3. The van der Waals surface area contributed by atoms with Crippen molar-refractivity contribution in [2.75, 3.05) is 4.90 Å². The largest absolute Gasteiger partial charge is 0.346 e. The van der Waals surface area contributed by atoms with E-state index in [0.29, 0.717) is 22.8 Å². The van der Waals surface area contributed by atoms with Gasteiger partial charge in [-0.3, -0.25) is 14.2 Å². The molecule has 12 heteroatoms. The normalized spacial score (nSPS) is 14.5. The van der Waals surface area contributed by atoms with Gasteiger partial charge >= 0.3 is 0 Å². The molecule has 0 fully saturated rings. The first-order valence-electron chi connectivity index (χ1n) is 15.4. The minimum atomic E-state index is 0.114. The van der Waals surface area contributed by atoms with Crippen LogP contribution in [0.25, 0.3) is 20.4 Å². The molecule has 2 aromatic heterocycles. The van der Waals surface area contributed by atoms with Crippen molar-refractivity contribution in [1.29, 1.82) is 0 Å². The summed E-state index contributed by atoms with van der Waals surface area (Å²) in [5.41, 5.74) is 3.66. The van der Waals surface area contributed by atoms with Crippen molar-refractivity contribution in [2.45, 2.75) is 104 Å². The van der Waals surface area contributed by atoms with Gasteiger partial charge in [-0.2, -0.15) is 0 Å². The summed E-state index contributed by atoms with van der Waals surface area (Å²) in [6.45, 7) is 19.6. The van der Waals surface area contributed by atoms with Crippen molar-refractivity contribution in [3.63, 3.8) is 0 Å². The number of nitrogens with one attached hydrogen (secondary N) is 3. The highest BCUT2D eigenvalue weighted by Crippen LogP contribution is 2.47. The third kappa shape index (κ3) is 11.6. The Morgan fingerprint density at radius 1 is 0.696 bits per heavy atom. The van der Waals surface area contributed by atoms with Gasteiger partial charge in [-0.1, -0.05) is 48.2 Å². The molecule has 0 saturated heterocycles. The number of aromatic nitrogens is 2. The van der Waals surface area contributed by atoms with E-state index in [2.05, 4.69) is 128 Å². The van der Waals surface area contributed by atoms with E-state index in [9.17, 15) is 0 Å². The monoisotopic (exact) mass is 730 g/mol. The Hall–Kier alpha value is -1.48. The van der Waals surface area contributed by atoms with Gasteiger partial charge in [0.05, 0.1) is 26.1 Å². The van der Waals surface area contributed by atoms with Crippen molar-refractivity contribution in [2.24, 2.45) is 0 Å². The first kappa shape index (κ1) is 37.3. The van der Waals surface area contributed by atoms with E-state index in [0.717, 1.165) is 19.7 Å². The Morgan fingerprint density at radius 3 is 1.74 bits per heavy atom. The molecule has 1 atom stereocenters. The average Bonchev–Trinajstić information content (AvgIpc) is 3.72. The first-order valence-corrected chi connectivity index (χ1v) is 20.4. The van der Waals surface area contributed by atoms with Crippen molar-refractivity contribution in [1.82, 2.24) is 24.1 Å². The van der Waals surface area contributed by atoms with Gasteiger partial charge in [-0.05, 0) is 135 Å². The van der Waals surface area contributed by atoms with Gasteiger partial charge in [0.2, 0.25) is 0 Å². The summed E-state index contributed by atoms with van der Waals surface area (Å²) < 4.78 is 15.2. The summed E-state index contributed by atoms with van der Waals surface area (Å²) in [5.74, 6) is 0. The van der Waals surface area contributed by atoms with Crippen molar-refractivity contribution in [3.8, 4) is 0 Å². The molecule has 1 aliphatic rings. The van der Waals surface area contributed by atoms with Crippen LogP contribution in [0.15, 0.2) is 86.4 Å². The van der Waals surface area contributed by atoms with Crippen LogP contribution >= 0.6 is 70.3 Å². The van der Waals surface area contributed by atoms with Crippen LogP contribution < -0.4 is 19.1 Å². The zero-order chi connectivity index (χ0) is 33.3. The number of hydrogen-bond donors (Lipinski definition) is 3. The molecule has 0 radical (unpaired) electrons. The van der Waals surface area contributed by atoms with Crippen LogP contribution in [0.5, 0.6) is 0 Å². The van der Waals surface area contributed by atoms with Crippen LogP contribution in [0, 0.1) is 0 Å². The molecule has 3 heterocycles. The molecular weight excluding hydrogens is 685 g/mol. The molecular formula is C34H46N6S6. The van der Waals surface area contributed by atoms with E-state index in [4.69, 9.17) is 0 Å². The predicted octanol–water partition coefficient (Wildman–Crippen LogP) is 10.9. The Balaban J connectivity index is 0.000000157. The standard InChI is InChI=1S/C13H20N2S2.C11H14N2S2.C10H12N2S2/c1-9(2)14-17-13-15(10(3)4)11-7-5-6-8-12(11)16-13;1-11(2,3)13-15-10-12-8-6-4-5-7-9(8)14-10;1-7(2)12-14-10-11-8-5-3-4-6-9(8)13-10/h5-10,13-14H,1-4H3;4-7,13H,1-3H3;3-7,12H,1-2H3. The fourth-order valence-corrected chi connectivity index (χ4v) is 10.2. The zero-order valence-electron chi connectivity index (χ0n) is 28.0. The summed E-state index contributed by atoms with van der Waals surface area (Å²) in [4.78, 5) is 12.9. The number of rotatable bonds is 9. The highest BCUT2D eigenvalue weighted by Gasteiger charge is 2.32. The molecule has 5 aromatic rings. The fourth-order valence-electron chi connectivity index (χ4n) is 4.00. The quantitative estimate of drug-likeness (QED) is 0.128. The number of thioether (sulfide) groups is 1. The molecule has 6 nitrogen and oxygen atoms in total. The lowest BCUT2D eigenvalue weighted by atomic mass is 10.1. The second-order valence-corrected chi connectivity index (χ2v) is 19.0. The van der Waals surface area contributed by atoms with Crippen LogP contribution in [-0.4, -0.2) is 38.3 Å². The second kappa shape index (κ2) is 17.8. The van der Waals surface area contributed by atoms with Gasteiger partial charge in [0.1, 0.15) is 4.71 Å². The van der Waals surface area contributed by atoms with Gasteiger partial charge in [-0.25, -0.2) is 9.97 Å². The van der Waals surface area contributed by atoms with E-state index < -0.39 is 0 Å². The van der Waals surface area contributed by atoms with Crippen LogP contribution in [0.1, 0.15) is 62.3 Å². The third-order valence-electron chi connectivity index (χ3n) is 5.93. The van der Waals surface area contributed by atoms with E-state index in [1.54, 1.807) is 46.6 Å². The van der Waals surface area contributed by atoms with Gasteiger partial charge < -0.3 is 4.90 Å². The van der Waals surface area contributed by atoms with Crippen LogP contribution in [0.2, 0.25) is 0 Å². The molecule has 0 amide bonds. The summed E-state index contributed by atoms with van der Waals surface area (Å²) in [6.07, 6.45) is 0. The van der Waals surface area contributed by atoms with Gasteiger partial charge in [0, 0.05) is 28.6 Å². The smallest absolute Gasteiger partial charge is 0.166 e. The first-order chi connectivity index (χ1) is 21.9. The van der Waals surface area contributed by atoms with Gasteiger partial charge in [-0.15, -0.1) is 22.7 Å². The summed E-state index contributed by atoms with van der Waals surface area (Å²) in [6, 6.07) is 26.6. The number of anilines is 1. The molecule has 1 unspecified atom stereocenters. The van der Waals surface area contributed by atoms with E-state index >= 15 is 0 Å². The van der Waals surface area contributed by atoms with Crippen LogP contribution in [-0.2, 0) is 0 Å². The fraction of sp³-hybridized carbons (Fsp3) is 0.412. The predicted molar refractivity (Wildman–Crippen MR) is 212 cm³/mol. The highest BCUT2D eigenvalue weighted by atomic mass is 32.2. The molecule has 248 valence electrons. The maximum atomic E-state index is 4.53. The molecule has 1 aliphatic heterocycles. The van der Waals surface area contributed by atoms with Gasteiger partial charge in [0.25, 0.3) is 0 Å². The Kier molecular flexibility index (Phi) is 14.4. The van der Waals surface area contributed by atoms with Crippen LogP contribution in [0.4, 0.5) is 5.69 Å². The molecule has 0 bridgehead atoms. The molecule has 6 rings (SSSR count). The number of nitrogens with zero attached hydrogens (tertiary/aromatic N) is 3. The number of benzene rings is 3. The van der Waals surface area contributed by atoms with Crippen LogP contribution in [0.3, 0.4) is 0 Å². The molecule has 3 aromatic carbocycles. The maximum absolute atomic E-state index is 4.53. The molecule has 0 spiro atoms. The van der Waals surface area contributed by atoms with Crippen molar-refractivity contribution in [3.05, 3.63) is 72.8 Å². The number of thiazole rings is 2. The van der Waals surface area contributed by atoms with E-state index in [1.807, 2.05) is 60.1 Å². The molecule has 3 N–H and O–H groups in total. The average molecular weight is 731 g/mol. The summed E-state index contributed by atoms with van der Waals surface area (Å²) >= 11 is 10.4. The Bertz CT molecular complexity index is 1580. The van der Waals surface area contributed by atoms with E-state index in [1.165, 1.54) is 20.0 Å². The topological polar surface area (TPSA) is 65.1 Å².